The van der Waals surface area contributed by atoms with Gasteiger partial charge in [0.1, 0.15) is 5.75 Å². The molecule has 0 bridgehead atoms. The summed E-state index contributed by atoms with van der Waals surface area (Å²) in [4.78, 5) is 13.8. The number of halogens is 1. The number of ether oxygens (including phenoxy) is 1. The Bertz CT molecular complexity index is 1390. The molecule has 2 aromatic carbocycles. The fourth-order valence-electron chi connectivity index (χ4n) is 4.68. The van der Waals surface area contributed by atoms with Crippen LogP contribution in [0.2, 0.25) is 0 Å². The predicted octanol–water partition coefficient (Wildman–Crippen LogP) is 5.81. The van der Waals surface area contributed by atoms with Crippen LogP contribution in [0.4, 0.5) is 11.6 Å². The number of aliphatic hydroxyl groups is 1. The summed E-state index contributed by atoms with van der Waals surface area (Å²) in [7, 11) is 0. The zero-order valence-electron chi connectivity index (χ0n) is 22.6. The minimum Gasteiger partial charge on any atom is -0.437 e. The first-order valence-corrected chi connectivity index (χ1v) is 13.4. The van der Waals surface area contributed by atoms with Crippen LogP contribution in [-0.2, 0) is 0 Å². The maximum absolute atomic E-state index is 10.3. The first-order chi connectivity index (χ1) is 18.5. The molecule has 1 unspecified atom stereocenters. The Labute approximate surface area is 236 Å². The average Bonchev–Trinajstić information content (AvgIpc) is 2.94. The van der Waals surface area contributed by atoms with Crippen LogP contribution in [0.15, 0.2) is 60.9 Å². The van der Waals surface area contributed by atoms with Crippen LogP contribution in [-0.4, -0.2) is 51.8 Å². The van der Waals surface area contributed by atoms with E-state index in [9.17, 15) is 5.11 Å². The molecule has 5 rings (SSSR count). The van der Waals surface area contributed by atoms with E-state index >= 15 is 0 Å². The van der Waals surface area contributed by atoms with Gasteiger partial charge in [0, 0.05) is 48.0 Å². The third kappa shape index (κ3) is 6.76. The molecule has 8 nitrogen and oxygen atoms in total. The van der Waals surface area contributed by atoms with Gasteiger partial charge in [-0.05, 0) is 62.1 Å². The molecule has 1 aliphatic heterocycles. The number of nitrogens with one attached hydrogen (secondary N) is 3. The molecule has 9 heteroatoms. The molecular formula is C30H37ClN6O2. The molecule has 2 aromatic heterocycles. The van der Waals surface area contributed by atoms with Crippen molar-refractivity contribution in [3.63, 3.8) is 0 Å². The van der Waals surface area contributed by atoms with Crippen LogP contribution in [0.3, 0.4) is 0 Å². The van der Waals surface area contributed by atoms with Crippen molar-refractivity contribution in [3.8, 4) is 22.9 Å². The molecule has 2 atom stereocenters. The second kappa shape index (κ2) is 13.1. The van der Waals surface area contributed by atoms with Crippen molar-refractivity contribution in [1.29, 1.82) is 0 Å². The minimum absolute atomic E-state index is 0. The predicted molar refractivity (Wildman–Crippen MR) is 160 cm³/mol. The van der Waals surface area contributed by atoms with Crippen LogP contribution in [0, 0.1) is 12.8 Å². The van der Waals surface area contributed by atoms with E-state index in [-0.39, 0.29) is 18.3 Å². The molecule has 3 heterocycles. The van der Waals surface area contributed by atoms with E-state index in [0.717, 1.165) is 65.0 Å². The second-order valence-corrected chi connectivity index (χ2v) is 10.2. The molecule has 206 valence electrons. The van der Waals surface area contributed by atoms with E-state index in [1.165, 1.54) is 0 Å². The van der Waals surface area contributed by atoms with Gasteiger partial charge in [0.25, 0.3) is 0 Å². The van der Waals surface area contributed by atoms with Crippen LogP contribution in [0.25, 0.3) is 22.0 Å². The fourth-order valence-corrected chi connectivity index (χ4v) is 4.68. The lowest BCUT2D eigenvalue weighted by atomic mass is 10.0. The van der Waals surface area contributed by atoms with E-state index < -0.39 is 6.10 Å². The van der Waals surface area contributed by atoms with Gasteiger partial charge >= 0.3 is 0 Å². The van der Waals surface area contributed by atoms with Gasteiger partial charge in [-0.3, -0.25) is 0 Å². The zero-order chi connectivity index (χ0) is 26.5. The Morgan fingerprint density at radius 3 is 2.72 bits per heavy atom. The third-order valence-corrected chi connectivity index (χ3v) is 7.01. The maximum atomic E-state index is 10.3. The number of pyridine rings is 1. The highest BCUT2D eigenvalue weighted by Gasteiger charge is 2.18. The highest BCUT2D eigenvalue weighted by molar-refractivity contribution is 5.98. The van der Waals surface area contributed by atoms with E-state index in [4.69, 9.17) is 9.72 Å². The van der Waals surface area contributed by atoms with E-state index in [1.807, 2.05) is 51.1 Å². The third-order valence-electron chi connectivity index (χ3n) is 7.01. The lowest BCUT2D eigenvalue weighted by Gasteiger charge is -2.23. The van der Waals surface area contributed by atoms with Gasteiger partial charge in [0.2, 0.25) is 11.8 Å². The number of nitrogens with zero attached hydrogens (tertiary/aromatic N) is 3. The maximum Gasteiger partial charge on any atom is 0.228 e. The van der Waals surface area contributed by atoms with Gasteiger partial charge in [-0.2, -0.15) is 0 Å². The molecule has 0 spiro atoms. The van der Waals surface area contributed by atoms with Gasteiger partial charge in [-0.15, -0.1) is 12.4 Å². The average molecular weight is 549 g/mol. The fraction of sp³-hybridized carbons (Fsp3) is 0.367. The first kappa shape index (κ1) is 28.5. The topological polar surface area (TPSA) is 104 Å². The molecule has 1 saturated heterocycles. The Balaban J connectivity index is 0.00000353. The van der Waals surface area contributed by atoms with Gasteiger partial charge in [0.15, 0.2) is 0 Å². The van der Waals surface area contributed by atoms with Crippen molar-refractivity contribution >= 4 is 34.8 Å². The van der Waals surface area contributed by atoms with Gasteiger partial charge in [-0.1, -0.05) is 38.1 Å². The monoisotopic (exact) mass is 548 g/mol. The summed E-state index contributed by atoms with van der Waals surface area (Å²) in [5.74, 6) is 2.02. The number of benzene rings is 2. The Kier molecular flexibility index (Phi) is 9.56. The Morgan fingerprint density at radius 1 is 1.05 bits per heavy atom. The first-order valence-electron chi connectivity index (χ1n) is 13.4. The summed E-state index contributed by atoms with van der Waals surface area (Å²) >= 11 is 0. The molecule has 0 aliphatic carbocycles. The van der Waals surface area contributed by atoms with Crippen molar-refractivity contribution in [2.75, 3.05) is 30.3 Å². The number of hydrogen-bond donors (Lipinski definition) is 4. The number of piperidine rings is 1. The lowest BCUT2D eigenvalue weighted by Crippen LogP contribution is -2.38. The summed E-state index contributed by atoms with van der Waals surface area (Å²) in [6, 6.07) is 16.3. The summed E-state index contributed by atoms with van der Waals surface area (Å²) in [6.07, 6.45) is 5.30. The summed E-state index contributed by atoms with van der Waals surface area (Å²) in [5.41, 5.74) is 3.50. The van der Waals surface area contributed by atoms with Crippen LogP contribution in [0.5, 0.6) is 11.6 Å². The molecule has 0 amide bonds. The van der Waals surface area contributed by atoms with Crippen LogP contribution >= 0.6 is 12.4 Å². The van der Waals surface area contributed by atoms with Crippen molar-refractivity contribution in [2.45, 2.75) is 45.8 Å². The molecule has 4 aromatic rings. The Hall–Kier alpha value is -3.46. The molecule has 39 heavy (non-hydrogen) atoms. The largest absolute Gasteiger partial charge is 0.437 e. The van der Waals surface area contributed by atoms with Crippen molar-refractivity contribution in [1.82, 2.24) is 20.3 Å². The van der Waals surface area contributed by atoms with Gasteiger partial charge < -0.3 is 25.8 Å². The number of rotatable bonds is 9. The quantitative estimate of drug-likeness (QED) is 0.208. The van der Waals surface area contributed by atoms with Crippen molar-refractivity contribution < 1.29 is 9.84 Å². The summed E-state index contributed by atoms with van der Waals surface area (Å²) < 4.78 is 6.54. The van der Waals surface area contributed by atoms with Gasteiger partial charge in [0.05, 0.1) is 17.4 Å². The number of fused-ring (bicyclic) bond motifs is 1. The lowest BCUT2D eigenvalue weighted by molar-refractivity contribution is 0.138. The summed E-state index contributed by atoms with van der Waals surface area (Å²) in [6.45, 7) is 8.50. The smallest absolute Gasteiger partial charge is 0.228 e. The SMILES string of the molecule is Cc1ccc2c(NCC(O)C(C)C)cccc2c1Oc1ncccc1-c1ccnc(N[C@H]2CCCNC2)n1.Cl. The highest BCUT2D eigenvalue weighted by Crippen LogP contribution is 2.38. The van der Waals surface area contributed by atoms with Gasteiger partial charge in [-0.25, -0.2) is 15.0 Å². The molecular weight excluding hydrogens is 512 g/mol. The molecule has 0 saturated carbocycles. The molecule has 4 N–H and O–H groups in total. The van der Waals surface area contributed by atoms with Crippen molar-refractivity contribution in [2.24, 2.45) is 5.92 Å². The molecule has 1 aliphatic rings. The number of aryl methyl sites for hydroxylation is 1. The molecule has 1 fully saturated rings. The summed E-state index contributed by atoms with van der Waals surface area (Å²) in [5, 5.41) is 22.6. The van der Waals surface area contributed by atoms with E-state index in [1.54, 1.807) is 12.4 Å². The van der Waals surface area contributed by atoms with Crippen molar-refractivity contribution in [3.05, 3.63) is 66.5 Å². The minimum atomic E-state index is -0.427. The van der Waals surface area contributed by atoms with Crippen LogP contribution in [0.1, 0.15) is 32.3 Å². The number of aromatic nitrogens is 3. The number of anilines is 2. The number of aliphatic hydroxyl groups excluding tert-OH is 1. The zero-order valence-corrected chi connectivity index (χ0v) is 23.5. The highest BCUT2D eigenvalue weighted by atomic mass is 35.5. The van der Waals surface area contributed by atoms with Crippen LogP contribution < -0.4 is 20.7 Å². The Morgan fingerprint density at radius 2 is 1.92 bits per heavy atom. The normalized spacial score (nSPS) is 16.0. The van der Waals surface area contributed by atoms with E-state index in [0.29, 0.717) is 24.4 Å². The second-order valence-electron chi connectivity index (χ2n) is 10.2. The standard InChI is InChI=1S/C30H36N6O2.ClH/c1-19(2)27(37)18-34-25-10-4-8-23-22(25)12-11-20(3)28(23)38-29-24(9-6-15-32-29)26-13-16-33-30(36-26)35-21-7-5-14-31-17-21;/h4,6,8-13,15-16,19,21,27,31,34,37H,5,7,14,17-18H2,1-3H3,(H,33,35,36);1H/t21-,27?;/m0./s1. The van der Waals surface area contributed by atoms with E-state index in [2.05, 4.69) is 44.1 Å². The number of hydrogen-bond acceptors (Lipinski definition) is 8. The molecule has 0 radical (unpaired) electrons.